The number of benzene rings is 1. The largest absolute Gasteiger partial charge is 0.388 e. The van der Waals surface area contributed by atoms with Crippen LogP contribution < -0.4 is 0 Å². The molecule has 0 aliphatic heterocycles. The third-order valence-corrected chi connectivity index (χ3v) is 2.52. The first-order valence-electron chi connectivity index (χ1n) is 4.16. The van der Waals surface area contributed by atoms with Crippen LogP contribution in [0.5, 0.6) is 0 Å². The third kappa shape index (κ3) is 0.950. The van der Waals surface area contributed by atoms with Crippen molar-refractivity contribution in [3.8, 4) is 0 Å². The minimum absolute atomic E-state index is 0.174. The smallest absolute Gasteiger partial charge is 0.126 e. The van der Waals surface area contributed by atoms with Gasteiger partial charge in [-0.05, 0) is 42.5 Å². The summed E-state index contributed by atoms with van der Waals surface area (Å²) in [5.41, 5.74) is 2.52. The Bertz CT molecular complexity index is 320. The van der Waals surface area contributed by atoms with Crippen LogP contribution in [0, 0.1) is 12.7 Å². The van der Waals surface area contributed by atoms with E-state index >= 15 is 0 Å². The van der Waals surface area contributed by atoms with Gasteiger partial charge in [-0.25, -0.2) is 4.39 Å². The first-order valence-corrected chi connectivity index (χ1v) is 4.16. The van der Waals surface area contributed by atoms with Crippen molar-refractivity contribution in [2.24, 2.45) is 0 Å². The summed E-state index contributed by atoms with van der Waals surface area (Å²) >= 11 is 0. The molecule has 0 radical (unpaired) electrons. The Labute approximate surface area is 70.8 Å². The van der Waals surface area contributed by atoms with E-state index in [9.17, 15) is 9.50 Å². The van der Waals surface area contributed by atoms with Crippen molar-refractivity contribution >= 4 is 0 Å². The standard InChI is InChI=1S/C10H11FO/c1-6-2-4-8(11)7-3-5-9(12)10(6)7/h2,4,9,12H,3,5H2,1H3. The van der Waals surface area contributed by atoms with Crippen molar-refractivity contribution in [3.63, 3.8) is 0 Å². The average molecular weight is 166 g/mol. The van der Waals surface area contributed by atoms with E-state index in [2.05, 4.69) is 0 Å². The van der Waals surface area contributed by atoms with Crippen molar-refractivity contribution in [2.45, 2.75) is 25.9 Å². The zero-order valence-electron chi connectivity index (χ0n) is 6.97. The van der Waals surface area contributed by atoms with Crippen molar-refractivity contribution in [1.29, 1.82) is 0 Å². The zero-order valence-corrected chi connectivity index (χ0v) is 6.97. The Kier molecular flexibility index (Phi) is 1.65. The van der Waals surface area contributed by atoms with Gasteiger partial charge in [-0.3, -0.25) is 0 Å². The van der Waals surface area contributed by atoms with Gasteiger partial charge in [0.05, 0.1) is 6.10 Å². The first kappa shape index (κ1) is 7.74. The second-order valence-corrected chi connectivity index (χ2v) is 3.31. The van der Waals surface area contributed by atoms with Gasteiger partial charge in [0, 0.05) is 0 Å². The Morgan fingerprint density at radius 3 is 2.92 bits per heavy atom. The summed E-state index contributed by atoms with van der Waals surface area (Å²) in [5.74, 6) is -0.174. The molecular formula is C10H11FO. The molecule has 0 aromatic heterocycles. The van der Waals surface area contributed by atoms with Gasteiger partial charge in [0.2, 0.25) is 0 Å². The van der Waals surface area contributed by atoms with Gasteiger partial charge in [-0.1, -0.05) is 6.07 Å². The van der Waals surface area contributed by atoms with E-state index in [4.69, 9.17) is 0 Å². The maximum Gasteiger partial charge on any atom is 0.126 e. The lowest BCUT2D eigenvalue weighted by molar-refractivity contribution is 0.179. The molecule has 0 saturated heterocycles. The number of hydrogen-bond donors (Lipinski definition) is 1. The van der Waals surface area contributed by atoms with Gasteiger partial charge in [0.1, 0.15) is 5.82 Å². The van der Waals surface area contributed by atoms with Crippen LogP contribution in [0.1, 0.15) is 29.2 Å². The number of fused-ring (bicyclic) bond motifs is 1. The Hall–Kier alpha value is -0.890. The molecule has 2 rings (SSSR count). The number of rotatable bonds is 0. The van der Waals surface area contributed by atoms with Crippen LogP contribution in [0.15, 0.2) is 12.1 Å². The number of halogens is 1. The van der Waals surface area contributed by atoms with Crippen LogP contribution in [0.4, 0.5) is 4.39 Å². The SMILES string of the molecule is Cc1ccc(F)c2c1C(O)CC2. The molecule has 1 nitrogen and oxygen atoms in total. The molecule has 0 fully saturated rings. The minimum Gasteiger partial charge on any atom is -0.388 e. The van der Waals surface area contributed by atoms with E-state index in [-0.39, 0.29) is 5.82 Å². The molecule has 1 atom stereocenters. The highest BCUT2D eigenvalue weighted by Gasteiger charge is 2.24. The predicted molar refractivity (Wildman–Crippen MR) is 44.4 cm³/mol. The van der Waals surface area contributed by atoms with Gasteiger partial charge in [-0.15, -0.1) is 0 Å². The summed E-state index contributed by atoms with van der Waals surface area (Å²) in [7, 11) is 0. The predicted octanol–water partition coefficient (Wildman–Crippen LogP) is 2.11. The lowest BCUT2D eigenvalue weighted by Gasteiger charge is -2.07. The molecule has 2 heteroatoms. The minimum atomic E-state index is -0.448. The van der Waals surface area contributed by atoms with Crippen molar-refractivity contribution < 1.29 is 9.50 Å². The second kappa shape index (κ2) is 2.56. The first-order chi connectivity index (χ1) is 5.70. The van der Waals surface area contributed by atoms with E-state index in [1.54, 1.807) is 6.07 Å². The van der Waals surface area contributed by atoms with E-state index in [1.807, 2.05) is 6.92 Å². The van der Waals surface area contributed by atoms with Crippen LogP contribution in [0.3, 0.4) is 0 Å². The summed E-state index contributed by atoms with van der Waals surface area (Å²) in [5, 5.41) is 9.52. The van der Waals surface area contributed by atoms with E-state index < -0.39 is 6.10 Å². The highest BCUT2D eigenvalue weighted by atomic mass is 19.1. The summed E-state index contributed by atoms with van der Waals surface area (Å²) in [6, 6.07) is 3.20. The van der Waals surface area contributed by atoms with Gasteiger partial charge < -0.3 is 5.11 Å². The highest BCUT2D eigenvalue weighted by Crippen LogP contribution is 2.34. The normalized spacial score (nSPS) is 21.1. The molecule has 0 heterocycles. The number of hydrogen-bond acceptors (Lipinski definition) is 1. The number of aliphatic hydroxyl groups is 1. The molecule has 1 N–H and O–H groups in total. The Balaban J connectivity index is 2.64. The molecule has 0 saturated carbocycles. The van der Waals surface area contributed by atoms with Crippen molar-refractivity contribution in [2.75, 3.05) is 0 Å². The lowest BCUT2D eigenvalue weighted by Crippen LogP contribution is -1.95. The fourth-order valence-electron chi connectivity index (χ4n) is 1.90. The Morgan fingerprint density at radius 2 is 2.25 bits per heavy atom. The molecule has 0 bridgehead atoms. The van der Waals surface area contributed by atoms with Gasteiger partial charge in [0.15, 0.2) is 0 Å². The van der Waals surface area contributed by atoms with Gasteiger partial charge in [-0.2, -0.15) is 0 Å². The monoisotopic (exact) mass is 166 g/mol. The van der Waals surface area contributed by atoms with Gasteiger partial charge in [0.25, 0.3) is 0 Å². The Morgan fingerprint density at radius 1 is 1.50 bits per heavy atom. The molecule has 0 amide bonds. The number of aryl methyl sites for hydroxylation is 1. The van der Waals surface area contributed by atoms with Crippen LogP contribution in [-0.2, 0) is 6.42 Å². The maximum atomic E-state index is 13.1. The summed E-state index contributed by atoms with van der Waals surface area (Å²) in [6.07, 6.45) is 0.886. The van der Waals surface area contributed by atoms with Crippen molar-refractivity contribution in [3.05, 3.63) is 34.6 Å². The molecule has 64 valence electrons. The van der Waals surface area contributed by atoms with Crippen molar-refractivity contribution in [1.82, 2.24) is 0 Å². The second-order valence-electron chi connectivity index (χ2n) is 3.31. The molecule has 1 aliphatic carbocycles. The highest BCUT2D eigenvalue weighted by molar-refractivity contribution is 5.40. The molecule has 1 aromatic rings. The molecule has 1 aliphatic rings. The summed E-state index contributed by atoms with van der Waals surface area (Å²) in [6.45, 7) is 1.91. The van der Waals surface area contributed by atoms with Crippen LogP contribution in [-0.4, -0.2) is 5.11 Å². The van der Waals surface area contributed by atoms with Crippen LogP contribution in [0.25, 0.3) is 0 Å². The lowest BCUT2D eigenvalue weighted by atomic mass is 10.0. The molecular weight excluding hydrogens is 155 g/mol. The average Bonchev–Trinajstić information content (AvgIpc) is 2.42. The fourth-order valence-corrected chi connectivity index (χ4v) is 1.90. The zero-order chi connectivity index (χ0) is 8.72. The fraction of sp³-hybridized carbons (Fsp3) is 0.400. The number of aliphatic hydroxyl groups excluding tert-OH is 1. The van der Waals surface area contributed by atoms with E-state index in [0.29, 0.717) is 18.4 Å². The summed E-state index contributed by atoms with van der Waals surface area (Å²) < 4.78 is 13.1. The molecule has 12 heavy (non-hydrogen) atoms. The van der Waals surface area contributed by atoms with E-state index in [0.717, 1.165) is 11.1 Å². The van der Waals surface area contributed by atoms with Crippen LogP contribution in [0.2, 0.25) is 0 Å². The quantitative estimate of drug-likeness (QED) is 0.625. The summed E-state index contributed by atoms with van der Waals surface area (Å²) in [4.78, 5) is 0. The topological polar surface area (TPSA) is 20.2 Å². The molecule has 0 spiro atoms. The van der Waals surface area contributed by atoms with E-state index in [1.165, 1.54) is 6.07 Å². The maximum absolute atomic E-state index is 13.1. The molecule has 1 unspecified atom stereocenters. The third-order valence-electron chi connectivity index (χ3n) is 2.52. The molecule has 1 aromatic carbocycles. The van der Waals surface area contributed by atoms with Crippen LogP contribution >= 0.6 is 0 Å². The van der Waals surface area contributed by atoms with Gasteiger partial charge >= 0.3 is 0 Å².